The van der Waals surface area contributed by atoms with E-state index in [0.717, 1.165) is 38.5 Å². The van der Waals surface area contributed by atoms with Crippen molar-refractivity contribution in [3.63, 3.8) is 0 Å². The van der Waals surface area contributed by atoms with Crippen LogP contribution in [0.15, 0.2) is 24.3 Å². The monoisotopic (exact) mass is 604 g/mol. The molecule has 0 bridgehead atoms. The van der Waals surface area contributed by atoms with Crippen molar-refractivity contribution in [1.29, 1.82) is 0 Å². The number of nitrogens with zero attached hydrogens (tertiary/aromatic N) is 1. The molecule has 3 heteroatoms. The Labute approximate surface area is 270 Å². The van der Waals surface area contributed by atoms with E-state index < -0.39 is 11.5 Å². The summed E-state index contributed by atoms with van der Waals surface area (Å²) in [5.74, 6) is -0.627. The smallest absolute Gasteiger partial charge is 0.324 e. The van der Waals surface area contributed by atoms with Gasteiger partial charge in [0, 0.05) is 0 Å². The van der Waals surface area contributed by atoms with E-state index in [1.54, 1.807) is 0 Å². The summed E-state index contributed by atoms with van der Waals surface area (Å²) in [5.41, 5.74) is -0.693. The standard InChI is InChI=1S/C40H77NO2/c1-5-7-9-11-13-15-17-19-21-23-25-27-29-31-33-35-37-40(39(42)43,41(3)4)38-36-34-32-30-28-26-24-22-20-18-16-14-12-10-8-6-2/h19-22H,5-18,23-38H2,1-4H3,(H,42,43)/b21-19-,22-20-. The summed E-state index contributed by atoms with van der Waals surface area (Å²) in [7, 11) is 3.93. The molecule has 0 aromatic rings. The summed E-state index contributed by atoms with van der Waals surface area (Å²) in [4.78, 5) is 14.4. The quantitative estimate of drug-likeness (QED) is 0.0587. The highest BCUT2D eigenvalue weighted by Crippen LogP contribution is 2.28. The fourth-order valence-corrected chi connectivity index (χ4v) is 6.31. The van der Waals surface area contributed by atoms with Crippen LogP contribution in [0.2, 0.25) is 0 Å². The maximum atomic E-state index is 12.4. The lowest BCUT2D eigenvalue weighted by molar-refractivity contribution is -0.151. The first-order chi connectivity index (χ1) is 21.0. The van der Waals surface area contributed by atoms with E-state index in [-0.39, 0.29) is 0 Å². The molecule has 43 heavy (non-hydrogen) atoms. The molecule has 0 saturated carbocycles. The molecule has 0 aliphatic carbocycles. The highest BCUT2D eigenvalue weighted by molar-refractivity contribution is 5.78. The molecule has 0 saturated heterocycles. The molecule has 0 heterocycles. The molecule has 0 radical (unpaired) electrons. The van der Waals surface area contributed by atoms with Gasteiger partial charge >= 0.3 is 5.97 Å². The van der Waals surface area contributed by atoms with Gasteiger partial charge in [-0.15, -0.1) is 0 Å². The van der Waals surface area contributed by atoms with Gasteiger partial charge in [-0.05, 0) is 78.3 Å². The molecule has 0 aromatic carbocycles. The zero-order chi connectivity index (χ0) is 31.7. The van der Waals surface area contributed by atoms with Crippen LogP contribution >= 0.6 is 0 Å². The van der Waals surface area contributed by atoms with Gasteiger partial charge in [0.15, 0.2) is 0 Å². The third kappa shape index (κ3) is 25.9. The Bertz CT molecular complexity index is 596. The molecule has 0 rings (SSSR count). The van der Waals surface area contributed by atoms with Crippen LogP contribution in [0.25, 0.3) is 0 Å². The van der Waals surface area contributed by atoms with Crippen molar-refractivity contribution in [2.24, 2.45) is 0 Å². The first-order valence-electron chi connectivity index (χ1n) is 19.2. The first-order valence-corrected chi connectivity index (χ1v) is 19.2. The van der Waals surface area contributed by atoms with Crippen molar-refractivity contribution in [2.45, 2.75) is 212 Å². The first kappa shape index (κ1) is 41.9. The molecule has 0 aromatic heterocycles. The second kappa shape index (κ2) is 32.3. The normalized spacial score (nSPS) is 12.4. The average Bonchev–Trinajstić information content (AvgIpc) is 2.99. The Kier molecular flexibility index (Phi) is 31.5. The van der Waals surface area contributed by atoms with E-state index in [4.69, 9.17) is 0 Å². The molecule has 0 atom stereocenters. The van der Waals surface area contributed by atoms with Gasteiger partial charge in [-0.25, -0.2) is 0 Å². The minimum absolute atomic E-state index is 0.627. The molecular formula is C40H77NO2. The van der Waals surface area contributed by atoms with Crippen molar-refractivity contribution in [2.75, 3.05) is 14.1 Å². The van der Waals surface area contributed by atoms with Crippen molar-refractivity contribution in [3.8, 4) is 0 Å². The summed E-state index contributed by atoms with van der Waals surface area (Å²) in [6.45, 7) is 4.55. The molecule has 0 aliphatic heterocycles. The van der Waals surface area contributed by atoms with Gasteiger partial charge in [-0.1, -0.05) is 167 Å². The molecule has 0 fully saturated rings. The molecule has 1 N–H and O–H groups in total. The second-order valence-electron chi connectivity index (χ2n) is 13.6. The Morgan fingerprint density at radius 1 is 0.465 bits per heavy atom. The van der Waals surface area contributed by atoms with Gasteiger partial charge < -0.3 is 5.11 Å². The van der Waals surface area contributed by atoms with Crippen molar-refractivity contribution >= 4 is 5.97 Å². The second-order valence-corrected chi connectivity index (χ2v) is 13.6. The number of likely N-dealkylation sites (N-methyl/N-ethyl adjacent to an activating group) is 1. The van der Waals surface area contributed by atoms with Crippen LogP contribution in [-0.4, -0.2) is 35.6 Å². The SMILES string of the molecule is CCCCCCCC/C=C\CCCCCCCCC(CCCCCCCC/C=C\CCCCCCCC)(C(=O)O)N(C)C. The van der Waals surface area contributed by atoms with E-state index in [1.807, 2.05) is 19.0 Å². The van der Waals surface area contributed by atoms with E-state index >= 15 is 0 Å². The van der Waals surface area contributed by atoms with Gasteiger partial charge in [0.1, 0.15) is 5.54 Å². The molecule has 0 unspecified atom stereocenters. The van der Waals surface area contributed by atoms with E-state index in [2.05, 4.69) is 38.2 Å². The zero-order valence-electron chi connectivity index (χ0n) is 29.8. The minimum atomic E-state index is -0.693. The third-order valence-electron chi connectivity index (χ3n) is 9.46. The number of rotatable bonds is 34. The maximum Gasteiger partial charge on any atom is 0.324 e. The van der Waals surface area contributed by atoms with Crippen molar-refractivity contribution in [1.82, 2.24) is 4.90 Å². The molecular weight excluding hydrogens is 526 g/mol. The predicted octanol–water partition coefficient (Wildman–Crippen LogP) is 13.2. The van der Waals surface area contributed by atoms with E-state index in [9.17, 15) is 9.90 Å². The van der Waals surface area contributed by atoms with Crippen LogP contribution in [0.1, 0.15) is 206 Å². The fraction of sp³-hybridized carbons (Fsp3) is 0.875. The highest BCUT2D eigenvalue weighted by atomic mass is 16.4. The van der Waals surface area contributed by atoms with Gasteiger partial charge in [0.2, 0.25) is 0 Å². The zero-order valence-corrected chi connectivity index (χ0v) is 29.8. The van der Waals surface area contributed by atoms with Gasteiger partial charge in [-0.3, -0.25) is 9.69 Å². The van der Waals surface area contributed by atoms with Gasteiger partial charge in [0.05, 0.1) is 0 Å². The predicted molar refractivity (Wildman–Crippen MR) is 192 cm³/mol. The lowest BCUT2D eigenvalue weighted by atomic mass is 9.85. The van der Waals surface area contributed by atoms with Gasteiger partial charge in [0.25, 0.3) is 0 Å². The summed E-state index contributed by atoms with van der Waals surface area (Å²) < 4.78 is 0. The fourth-order valence-electron chi connectivity index (χ4n) is 6.31. The number of allylic oxidation sites excluding steroid dienone is 4. The number of hydrogen-bond donors (Lipinski definition) is 1. The molecule has 254 valence electrons. The number of carboxylic acid groups (broad SMARTS) is 1. The molecule has 0 amide bonds. The van der Waals surface area contributed by atoms with Crippen LogP contribution in [0.4, 0.5) is 0 Å². The van der Waals surface area contributed by atoms with E-state index in [1.165, 1.54) is 154 Å². The van der Waals surface area contributed by atoms with Crippen LogP contribution in [-0.2, 0) is 4.79 Å². The number of unbranched alkanes of at least 4 members (excludes halogenated alkanes) is 24. The Balaban J connectivity index is 3.86. The third-order valence-corrected chi connectivity index (χ3v) is 9.46. The number of aliphatic carboxylic acids is 1. The van der Waals surface area contributed by atoms with E-state index in [0.29, 0.717) is 0 Å². The van der Waals surface area contributed by atoms with Gasteiger partial charge in [-0.2, -0.15) is 0 Å². The average molecular weight is 604 g/mol. The maximum absolute atomic E-state index is 12.4. The summed E-state index contributed by atoms with van der Waals surface area (Å²) in [6, 6.07) is 0. The number of hydrogen-bond acceptors (Lipinski definition) is 2. The summed E-state index contributed by atoms with van der Waals surface area (Å²) in [6.07, 6.45) is 47.2. The molecule has 3 nitrogen and oxygen atoms in total. The Morgan fingerprint density at radius 3 is 0.977 bits per heavy atom. The largest absolute Gasteiger partial charge is 0.480 e. The number of carboxylic acids is 1. The van der Waals surface area contributed by atoms with Crippen LogP contribution in [0, 0.1) is 0 Å². The lowest BCUT2D eigenvalue weighted by Gasteiger charge is -2.36. The van der Waals surface area contributed by atoms with Crippen molar-refractivity contribution < 1.29 is 9.90 Å². The Hall–Kier alpha value is -1.09. The topological polar surface area (TPSA) is 40.5 Å². The number of carbonyl (C=O) groups is 1. The lowest BCUT2D eigenvalue weighted by Crippen LogP contribution is -2.51. The molecule has 0 spiro atoms. The summed E-state index contributed by atoms with van der Waals surface area (Å²) in [5, 5.41) is 10.2. The van der Waals surface area contributed by atoms with Crippen LogP contribution in [0.3, 0.4) is 0 Å². The van der Waals surface area contributed by atoms with Crippen molar-refractivity contribution in [3.05, 3.63) is 24.3 Å². The van der Waals surface area contributed by atoms with Crippen LogP contribution in [0.5, 0.6) is 0 Å². The minimum Gasteiger partial charge on any atom is -0.480 e. The summed E-state index contributed by atoms with van der Waals surface area (Å²) >= 11 is 0. The highest BCUT2D eigenvalue weighted by Gasteiger charge is 2.39. The molecule has 0 aliphatic rings. The van der Waals surface area contributed by atoms with Crippen LogP contribution < -0.4 is 0 Å². The Morgan fingerprint density at radius 2 is 0.721 bits per heavy atom.